The van der Waals surface area contributed by atoms with Crippen LogP contribution in [0.5, 0.6) is 0 Å². The Balaban J connectivity index is 2.06. The Morgan fingerprint density at radius 3 is 3.00 bits per heavy atom. The third-order valence-electron chi connectivity index (χ3n) is 2.71. The second-order valence-corrected chi connectivity index (χ2v) is 6.40. The number of ether oxygens (including phenoxy) is 1. The lowest BCUT2D eigenvalue weighted by Crippen LogP contribution is -2.17. The van der Waals surface area contributed by atoms with E-state index in [1.807, 2.05) is 26.0 Å². The van der Waals surface area contributed by atoms with Gasteiger partial charge in [0.2, 0.25) is 5.91 Å². The molecule has 0 radical (unpaired) electrons. The topological polar surface area (TPSA) is 51.2 Å². The maximum atomic E-state index is 10.9. The van der Waals surface area contributed by atoms with Gasteiger partial charge in [0.1, 0.15) is 11.1 Å². The number of aromatic nitrogens is 1. The SMILES string of the molecule is CCOC(C)c1nc(-c2ccc(CNC(C)=O)s2)cs1. The number of carbonyl (C=O) groups excluding carboxylic acids is 1. The molecule has 1 amide bonds. The lowest BCUT2D eigenvalue weighted by Gasteiger charge is -2.06. The van der Waals surface area contributed by atoms with Gasteiger partial charge in [-0.05, 0) is 26.0 Å². The summed E-state index contributed by atoms with van der Waals surface area (Å²) in [4.78, 5) is 17.8. The minimum absolute atomic E-state index is 0.0126. The zero-order valence-electron chi connectivity index (χ0n) is 11.8. The maximum Gasteiger partial charge on any atom is 0.217 e. The first-order valence-corrected chi connectivity index (χ1v) is 8.20. The van der Waals surface area contributed by atoms with Crippen LogP contribution in [0.2, 0.25) is 0 Å². The minimum atomic E-state index is -0.0126. The molecule has 1 unspecified atom stereocenters. The molecule has 0 saturated carbocycles. The highest BCUT2D eigenvalue weighted by Crippen LogP contribution is 2.31. The van der Waals surface area contributed by atoms with Gasteiger partial charge in [0.15, 0.2) is 0 Å². The smallest absolute Gasteiger partial charge is 0.217 e. The molecule has 0 bridgehead atoms. The molecular weight excluding hydrogens is 292 g/mol. The van der Waals surface area contributed by atoms with Crippen molar-refractivity contribution in [1.29, 1.82) is 0 Å². The van der Waals surface area contributed by atoms with E-state index in [-0.39, 0.29) is 12.0 Å². The van der Waals surface area contributed by atoms with Crippen molar-refractivity contribution in [3.8, 4) is 10.6 Å². The van der Waals surface area contributed by atoms with Crippen molar-refractivity contribution in [2.45, 2.75) is 33.4 Å². The van der Waals surface area contributed by atoms with E-state index in [1.165, 1.54) is 6.92 Å². The van der Waals surface area contributed by atoms with Crippen LogP contribution in [0.15, 0.2) is 17.5 Å². The van der Waals surface area contributed by atoms with Crippen molar-refractivity contribution in [2.24, 2.45) is 0 Å². The summed E-state index contributed by atoms with van der Waals surface area (Å²) in [5.41, 5.74) is 0.982. The van der Waals surface area contributed by atoms with Crippen LogP contribution in [-0.4, -0.2) is 17.5 Å². The van der Waals surface area contributed by atoms with Crippen LogP contribution in [0.25, 0.3) is 10.6 Å². The first kappa shape index (κ1) is 15.2. The average Bonchev–Trinajstić information content (AvgIpc) is 3.05. The normalized spacial score (nSPS) is 12.3. The van der Waals surface area contributed by atoms with Gasteiger partial charge >= 0.3 is 0 Å². The summed E-state index contributed by atoms with van der Waals surface area (Å²) in [5, 5.41) is 5.85. The molecule has 0 aliphatic carbocycles. The summed E-state index contributed by atoms with van der Waals surface area (Å²) in [6.07, 6.45) is 0.0394. The van der Waals surface area contributed by atoms with Crippen LogP contribution < -0.4 is 5.32 Å². The van der Waals surface area contributed by atoms with Crippen LogP contribution in [0, 0.1) is 0 Å². The maximum absolute atomic E-state index is 10.9. The molecule has 2 aromatic rings. The van der Waals surface area contributed by atoms with E-state index in [9.17, 15) is 4.79 Å². The fourth-order valence-corrected chi connectivity index (χ4v) is 3.54. The zero-order chi connectivity index (χ0) is 14.5. The molecule has 0 aromatic carbocycles. The molecule has 2 rings (SSSR count). The predicted octanol–water partition coefficient (Wildman–Crippen LogP) is 3.61. The number of hydrogen-bond donors (Lipinski definition) is 1. The third kappa shape index (κ3) is 3.88. The highest BCUT2D eigenvalue weighted by atomic mass is 32.1. The van der Waals surface area contributed by atoms with E-state index < -0.39 is 0 Å². The Morgan fingerprint density at radius 2 is 2.30 bits per heavy atom. The fourth-order valence-electron chi connectivity index (χ4n) is 1.73. The Labute approximate surface area is 126 Å². The zero-order valence-corrected chi connectivity index (χ0v) is 13.4. The third-order valence-corrected chi connectivity index (χ3v) is 4.83. The molecule has 0 fully saturated rings. The Bertz CT molecular complexity index is 577. The summed E-state index contributed by atoms with van der Waals surface area (Å²) in [7, 11) is 0. The van der Waals surface area contributed by atoms with Crippen molar-refractivity contribution in [3.63, 3.8) is 0 Å². The van der Waals surface area contributed by atoms with Crippen molar-refractivity contribution >= 4 is 28.6 Å². The van der Waals surface area contributed by atoms with Gasteiger partial charge in [0, 0.05) is 23.8 Å². The van der Waals surface area contributed by atoms with E-state index in [0.717, 1.165) is 20.5 Å². The number of thiazole rings is 1. The van der Waals surface area contributed by atoms with Gasteiger partial charge in [0.05, 0.1) is 17.1 Å². The van der Waals surface area contributed by atoms with E-state index in [0.29, 0.717) is 13.2 Å². The number of amides is 1. The molecule has 1 atom stereocenters. The van der Waals surface area contributed by atoms with Crippen molar-refractivity contribution in [1.82, 2.24) is 10.3 Å². The van der Waals surface area contributed by atoms with Crippen LogP contribution >= 0.6 is 22.7 Å². The molecule has 2 heterocycles. The number of nitrogens with one attached hydrogen (secondary N) is 1. The molecule has 20 heavy (non-hydrogen) atoms. The number of rotatable bonds is 6. The van der Waals surface area contributed by atoms with E-state index >= 15 is 0 Å². The van der Waals surface area contributed by atoms with Crippen LogP contribution in [-0.2, 0) is 16.1 Å². The monoisotopic (exact) mass is 310 g/mol. The Hall–Kier alpha value is -1.24. The molecule has 1 N–H and O–H groups in total. The van der Waals surface area contributed by atoms with Gasteiger partial charge in [-0.2, -0.15) is 0 Å². The Morgan fingerprint density at radius 1 is 1.50 bits per heavy atom. The van der Waals surface area contributed by atoms with Crippen molar-refractivity contribution in [3.05, 3.63) is 27.4 Å². The molecular formula is C14H18N2O2S2. The second kappa shape index (κ2) is 6.97. The standard InChI is InChI=1S/C14H18N2O2S2/c1-4-18-9(2)14-16-12(8-19-14)13-6-5-11(20-13)7-15-10(3)17/h5-6,8-9H,4,7H2,1-3H3,(H,15,17). The average molecular weight is 310 g/mol. The largest absolute Gasteiger partial charge is 0.372 e. The molecule has 0 saturated heterocycles. The number of thiophene rings is 1. The van der Waals surface area contributed by atoms with E-state index in [1.54, 1.807) is 22.7 Å². The van der Waals surface area contributed by atoms with Gasteiger partial charge in [0.25, 0.3) is 0 Å². The molecule has 2 aromatic heterocycles. The van der Waals surface area contributed by atoms with E-state index in [2.05, 4.69) is 15.7 Å². The summed E-state index contributed by atoms with van der Waals surface area (Å²) in [6, 6.07) is 4.08. The van der Waals surface area contributed by atoms with Gasteiger partial charge < -0.3 is 10.1 Å². The van der Waals surface area contributed by atoms with Crippen LogP contribution in [0.4, 0.5) is 0 Å². The number of nitrogens with zero attached hydrogens (tertiary/aromatic N) is 1. The first-order valence-electron chi connectivity index (χ1n) is 6.50. The molecule has 4 nitrogen and oxygen atoms in total. The van der Waals surface area contributed by atoms with Gasteiger partial charge in [-0.15, -0.1) is 22.7 Å². The molecule has 108 valence electrons. The molecule has 6 heteroatoms. The van der Waals surface area contributed by atoms with Gasteiger partial charge in [-0.3, -0.25) is 4.79 Å². The van der Waals surface area contributed by atoms with Gasteiger partial charge in [-0.25, -0.2) is 4.98 Å². The number of hydrogen-bond acceptors (Lipinski definition) is 5. The lowest BCUT2D eigenvalue weighted by atomic mass is 10.3. The van der Waals surface area contributed by atoms with E-state index in [4.69, 9.17) is 4.74 Å². The first-order chi connectivity index (χ1) is 9.60. The van der Waals surface area contributed by atoms with Crippen LogP contribution in [0.1, 0.15) is 36.8 Å². The number of carbonyl (C=O) groups is 1. The predicted molar refractivity (Wildman–Crippen MR) is 83.0 cm³/mol. The lowest BCUT2D eigenvalue weighted by molar-refractivity contribution is -0.119. The van der Waals surface area contributed by atoms with Crippen LogP contribution in [0.3, 0.4) is 0 Å². The van der Waals surface area contributed by atoms with Crippen molar-refractivity contribution in [2.75, 3.05) is 6.61 Å². The van der Waals surface area contributed by atoms with Crippen molar-refractivity contribution < 1.29 is 9.53 Å². The summed E-state index contributed by atoms with van der Waals surface area (Å²) in [5.74, 6) is -0.0126. The highest BCUT2D eigenvalue weighted by Gasteiger charge is 2.12. The summed E-state index contributed by atoms with van der Waals surface area (Å²) < 4.78 is 5.55. The van der Waals surface area contributed by atoms with Gasteiger partial charge in [-0.1, -0.05) is 0 Å². The molecule has 0 aliphatic heterocycles. The molecule has 0 spiro atoms. The fraction of sp³-hybridized carbons (Fsp3) is 0.429. The molecule has 0 aliphatic rings. The summed E-state index contributed by atoms with van der Waals surface area (Å²) >= 11 is 3.28. The Kier molecular flexibility index (Phi) is 5.28. The highest BCUT2D eigenvalue weighted by molar-refractivity contribution is 7.16. The quantitative estimate of drug-likeness (QED) is 0.887. The minimum Gasteiger partial charge on any atom is -0.372 e. The summed E-state index contributed by atoms with van der Waals surface area (Å²) in [6.45, 7) is 6.79. The second-order valence-electron chi connectivity index (χ2n) is 4.34.